The maximum atomic E-state index is 12.7. The minimum absolute atomic E-state index is 0.186. The van der Waals surface area contributed by atoms with Crippen LogP contribution >= 0.6 is 0 Å². The van der Waals surface area contributed by atoms with Gasteiger partial charge in [0, 0.05) is 16.8 Å². The third kappa shape index (κ3) is 1.82. The summed E-state index contributed by atoms with van der Waals surface area (Å²) in [7, 11) is 0. The number of fused-ring (bicyclic) bond motifs is 3. The van der Waals surface area contributed by atoms with Crippen LogP contribution in [0.4, 0.5) is 0 Å². The van der Waals surface area contributed by atoms with E-state index in [-0.39, 0.29) is 28.5 Å². The molecule has 0 bridgehead atoms. The number of Topliss-reactive ketones (excluding diaryl/α,β-unsaturated/α-hetero) is 1. The predicted molar refractivity (Wildman–Crippen MR) is 81.3 cm³/mol. The number of ketones is 1. The van der Waals surface area contributed by atoms with Gasteiger partial charge in [-0.3, -0.25) is 4.79 Å². The van der Waals surface area contributed by atoms with E-state index in [1.54, 1.807) is 25.1 Å². The molecule has 0 radical (unpaired) electrons. The average Bonchev–Trinajstić information content (AvgIpc) is 2.82. The van der Waals surface area contributed by atoms with Gasteiger partial charge in [0.2, 0.25) is 17.1 Å². The molecule has 0 fully saturated rings. The van der Waals surface area contributed by atoms with Crippen molar-refractivity contribution < 1.29 is 24.5 Å². The van der Waals surface area contributed by atoms with E-state index in [0.717, 1.165) is 0 Å². The minimum Gasteiger partial charge on any atom is -0.459 e. The van der Waals surface area contributed by atoms with Crippen molar-refractivity contribution in [3.8, 4) is 0 Å². The van der Waals surface area contributed by atoms with E-state index in [0.29, 0.717) is 6.42 Å². The van der Waals surface area contributed by atoms with Crippen molar-refractivity contribution in [1.29, 1.82) is 0 Å². The van der Waals surface area contributed by atoms with Crippen LogP contribution in [0.15, 0.2) is 35.5 Å². The summed E-state index contributed by atoms with van der Waals surface area (Å²) in [6.45, 7) is 5.10. The van der Waals surface area contributed by atoms with Gasteiger partial charge in [0.15, 0.2) is 0 Å². The first kappa shape index (κ1) is 15.7. The maximum absolute atomic E-state index is 12.7. The van der Waals surface area contributed by atoms with E-state index >= 15 is 0 Å². The van der Waals surface area contributed by atoms with E-state index in [4.69, 9.17) is 4.74 Å². The summed E-state index contributed by atoms with van der Waals surface area (Å²) in [6, 6.07) is 6.36. The SMILES string of the molecule is CC[C@@H](C)OC(=O)C1=C(C)N[C@@]2(O)c3ccccc3C(=O)[C@]12O. The maximum Gasteiger partial charge on any atom is 0.339 e. The van der Waals surface area contributed by atoms with E-state index in [1.807, 2.05) is 6.92 Å². The van der Waals surface area contributed by atoms with Crippen LogP contribution in [-0.4, -0.2) is 33.7 Å². The second kappa shape index (κ2) is 4.91. The Morgan fingerprint density at radius 1 is 1.35 bits per heavy atom. The van der Waals surface area contributed by atoms with Gasteiger partial charge >= 0.3 is 5.97 Å². The van der Waals surface area contributed by atoms with Crippen molar-refractivity contribution in [1.82, 2.24) is 5.32 Å². The highest BCUT2D eigenvalue weighted by Gasteiger charge is 2.70. The highest BCUT2D eigenvalue weighted by atomic mass is 16.5. The van der Waals surface area contributed by atoms with Gasteiger partial charge in [-0.25, -0.2) is 4.79 Å². The molecule has 0 saturated heterocycles. The van der Waals surface area contributed by atoms with Gasteiger partial charge in [-0.05, 0) is 20.3 Å². The van der Waals surface area contributed by atoms with E-state index < -0.39 is 23.1 Å². The molecule has 1 heterocycles. The number of nitrogens with one attached hydrogen (secondary N) is 1. The number of hydrogen-bond acceptors (Lipinski definition) is 6. The van der Waals surface area contributed by atoms with Gasteiger partial charge in [0.05, 0.1) is 6.10 Å². The molecular weight excluding hydrogens is 298 g/mol. The standard InChI is InChI=1S/C17H19NO5/c1-4-9(2)23-15(20)13-10(3)18-17(22)12-8-6-5-7-11(12)14(19)16(13,17)21/h5-9,18,21-22H,4H2,1-3H3/t9-,16-,17-/m1/s1. The molecule has 1 aliphatic heterocycles. The molecule has 0 saturated carbocycles. The van der Waals surface area contributed by atoms with Gasteiger partial charge in [-0.15, -0.1) is 0 Å². The molecule has 0 aromatic heterocycles. The van der Waals surface area contributed by atoms with Crippen LogP contribution in [-0.2, 0) is 15.3 Å². The number of hydrogen-bond donors (Lipinski definition) is 3. The molecule has 3 atom stereocenters. The van der Waals surface area contributed by atoms with E-state index in [2.05, 4.69) is 5.32 Å². The molecule has 1 aromatic rings. The van der Waals surface area contributed by atoms with Crippen LogP contribution in [0.3, 0.4) is 0 Å². The summed E-state index contributed by atoms with van der Waals surface area (Å²) in [5.74, 6) is -1.51. The molecular formula is C17H19NO5. The van der Waals surface area contributed by atoms with Gasteiger partial charge in [0.25, 0.3) is 0 Å². The average molecular weight is 317 g/mol. The summed E-state index contributed by atoms with van der Waals surface area (Å²) >= 11 is 0. The lowest BCUT2D eigenvalue weighted by Gasteiger charge is -2.32. The zero-order chi connectivity index (χ0) is 17.0. The van der Waals surface area contributed by atoms with Gasteiger partial charge in [0.1, 0.15) is 5.57 Å². The van der Waals surface area contributed by atoms with Crippen molar-refractivity contribution in [2.75, 3.05) is 0 Å². The van der Waals surface area contributed by atoms with Crippen molar-refractivity contribution in [3.05, 3.63) is 46.7 Å². The number of esters is 1. The van der Waals surface area contributed by atoms with Gasteiger partial charge < -0.3 is 20.3 Å². The van der Waals surface area contributed by atoms with Crippen LogP contribution in [0.2, 0.25) is 0 Å². The smallest absolute Gasteiger partial charge is 0.339 e. The van der Waals surface area contributed by atoms with Crippen LogP contribution in [0.5, 0.6) is 0 Å². The van der Waals surface area contributed by atoms with Gasteiger partial charge in [-0.2, -0.15) is 0 Å². The first-order valence-electron chi connectivity index (χ1n) is 7.57. The van der Waals surface area contributed by atoms with Crippen LogP contribution in [0, 0.1) is 0 Å². The largest absolute Gasteiger partial charge is 0.459 e. The summed E-state index contributed by atoms with van der Waals surface area (Å²) in [5, 5.41) is 24.7. The molecule has 0 spiro atoms. The molecule has 1 aromatic carbocycles. The Balaban J connectivity index is 2.11. The second-order valence-electron chi connectivity index (χ2n) is 6.04. The lowest BCUT2D eigenvalue weighted by molar-refractivity contribution is -0.151. The molecule has 122 valence electrons. The second-order valence-corrected chi connectivity index (χ2v) is 6.04. The quantitative estimate of drug-likeness (QED) is 0.719. The Morgan fingerprint density at radius 2 is 2.00 bits per heavy atom. The lowest BCUT2D eigenvalue weighted by Crippen LogP contribution is -2.56. The molecule has 0 unspecified atom stereocenters. The van der Waals surface area contributed by atoms with Crippen molar-refractivity contribution in [2.45, 2.75) is 44.6 Å². The van der Waals surface area contributed by atoms with Crippen molar-refractivity contribution in [3.63, 3.8) is 0 Å². The van der Waals surface area contributed by atoms with Gasteiger partial charge in [-0.1, -0.05) is 31.2 Å². The molecule has 3 N–H and O–H groups in total. The highest BCUT2D eigenvalue weighted by Crippen LogP contribution is 2.51. The number of allylic oxidation sites excluding steroid dienone is 1. The van der Waals surface area contributed by atoms with Crippen LogP contribution in [0.25, 0.3) is 0 Å². The molecule has 2 aliphatic rings. The Labute approximate surface area is 133 Å². The minimum atomic E-state index is -2.38. The number of benzene rings is 1. The normalized spacial score (nSPS) is 29.9. The number of carbonyl (C=O) groups excluding carboxylic acids is 2. The number of ether oxygens (including phenoxy) is 1. The fourth-order valence-corrected chi connectivity index (χ4v) is 3.23. The molecule has 0 amide bonds. The molecule has 3 rings (SSSR count). The monoisotopic (exact) mass is 317 g/mol. The number of carbonyl (C=O) groups is 2. The number of aliphatic hydroxyl groups is 2. The molecule has 6 heteroatoms. The number of rotatable bonds is 3. The third-order valence-corrected chi connectivity index (χ3v) is 4.61. The zero-order valence-corrected chi connectivity index (χ0v) is 13.2. The van der Waals surface area contributed by atoms with E-state index in [1.165, 1.54) is 13.0 Å². The zero-order valence-electron chi connectivity index (χ0n) is 13.2. The highest BCUT2D eigenvalue weighted by molar-refractivity contribution is 6.16. The Kier molecular flexibility index (Phi) is 3.35. The van der Waals surface area contributed by atoms with E-state index in [9.17, 15) is 19.8 Å². The van der Waals surface area contributed by atoms with Crippen molar-refractivity contribution >= 4 is 11.8 Å². The Bertz CT molecular complexity index is 740. The molecule has 6 nitrogen and oxygen atoms in total. The topological polar surface area (TPSA) is 95.9 Å². The fraction of sp³-hybridized carbons (Fsp3) is 0.412. The summed E-state index contributed by atoms with van der Waals surface area (Å²) in [5.41, 5.74) is -4.02. The molecule has 23 heavy (non-hydrogen) atoms. The van der Waals surface area contributed by atoms with Crippen LogP contribution < -0.4 is 5.32 Å². The fourth-order valence-electron chi connectivity index (χ4n) is 3.23. The predicted octanol–water partition coefficient (Wildman–Crippen LogP) is 0.978. The molecule has 1 aliphatic carbocycles. The van der Waals surface area contributed by atoms with Crippen molar-refractivity contribution in [2.24, 2.45) is 0 Å². The summed E-state index contributed by atoms with van der Waals surface area (Å²) in [6.07, 6.45) is 0.238. The summed E-state index contributed by atoms with van der Waals surface area (Å²) < 4.78 is 5.26. The van der Waals surface area contributed by atoms with Crippen LogP contribution in [0.1, 0.15) is 43.1 Å². The Hall–Kier alpha value is -2.18. The third-order valence-electron chi connectivity index (χ3n) is 4.61. The first-order valence-corrected chi connectivity index (χ1v) is 7.57. The summed E-state index contributed by atoms with van der Waals surface area (Å²) in [4.78, 5) is 25.2. The lowest BCUT2D eigenvalue weighted by atomic mass is 9.85. The first-order chi connectivity index (χ1) is 10.8. The Morgan fingerprint density at radius 3 is 2.65 bits per heavy atom.